The van der Waals surface area contributed by atoms with E-state index in [9.17, 15) is 4.57 Å². The van der Waals surface area contributed by atoms with Crippen molar-refractivity contribution in [1.29, 1.82) is 0 Å². The summed E-state index contributed by atoms with van der Waals surface area (Å²) in [6.07, 6.45) is 1.69. The molecule has 0 saturated heterocycles. The standard InChI is InChI=1S/C7H6OP.C5H5.Fe/c1-2-6-4-3-5-7(6)9-8;1-2-4-5-3-1;/h2-5H,1H2;1-5H;/q2*-1;+2. The van der Waals surface area contributed by atoms with Crippen LogP contribution in [-0.4, -0.2) is 0 Å². The van der Waals surface area contributed by atoms with Crippen molar-refractivity contribution in [3.05, 3.63) is 60.7 Å². The molecule has 2 aromatic carbocycles. The summed E-state index contributed by atoms with van der Waals surface area (Å²) in [5, 5.41) is 0.810. The van der Waals surface area contributed by atoms with Gasteiger partial charge in [-0.25, -0.2) is 12.1 Å². The van der Waals surface area contributed by atoms with E-state index >= 15 is 0 Å². The Kier molecular flexibility index (Phi) is 7.85. The van der Waals surface area contributed by atoms with Gasteiger partial charge < -0.3 is 0 Å². The van der Waals surface area contributed by atoms with Gasteiger partial charge in [0, 0.05) is 0 Å². The molecule has 0 heterocycles. The van der Waals surface area contributed by atoms with Crippen molar-refractivity contribution in [3.63, 3.8) is 0 Å². The summed E-state index contributed by atoms with van der Waals surface area (Å²) in [6, 6.07) is 15.6. The molecular weight excluding hydrogens is 247 g/mol. The van der Waals surface area contributed by atoms with Gasteiger partial charge in [0.15, 0.2) is 8.46 Å². The summed E-state index contributed by atoms with van der Waals surface area (Å²) >= 11 is 0. The molecule has 0 radical (unpaired) electrons. The fourth-order valence-electron chi connectivity index (χ4n) is 1.00. The molecule has 0 saturated carbocycles. The van der Waals surface area contributed by atoms with E-state index in [1.54, 1.807) is 6.08 Å². The van der Waals surface area contributed by atoms with E-state index in [4.69, 9.17) is 0 Å². The molecule has 0 fully saturated rings. The quantitative estimate of drug-likeness (QED) is 0.458. The smallest absolute Gasteiger partial charge is 0.271 e. The first-order valence-corrected chi connectivity index (χ1v) is 5.08. The summed E-state index contributed by atoms with van der Waals surface area (Å²) in [5.41, 5.74) is 0.951. The van der Waals surface area contributed by atoms with E-state index in [2.05, 4.69) is 6.58 Å². The molecule has 3 heteroatoms. The first-order chi connectivity index (χ1) is 6.88. The summed E-state index contributed by atoms with van der Waals surface area (Å²) in [4.78, 5) is 0. The monoisotopic (exact) mass is 258 g/mol. The van der Waals surface area contributed by atoms with E-state index in [-0.39, 0.29) is 25.5 Å². The third kappa shape index (κ3) is 4.90. The maximum absolute atomic E-state index is 10.3. The molecular formula is C12H11FeOP. The van der Waals surface area contributed by atoms with Gasteiger partial charge in [-0.2, -0.15) is 36.9 Å². The summed E-state index contributed by atoms with van der Waals surface area (Å²) in [5.74, 6) is 0. The predicted molar refractivity (Wildman–Crippen MR) is 61.4 cm³/mol. The van der Waals surface area contributed by atoms with Gasteiger partial charge in [-0.1, -0.05) is 0 Å². The van der Waals surface area contributed by atoms with Crippen molar-refractivity contribution in [1.82, 2.24) is 0 Å². The maximum Gasteiger partial charge on any atom is 2.00 e. The number of rotatable bonds is 2. The van der Waals surface area contributed by atoms with Crippen molar-refractivity contribution in [2.75, 3.05) is 0 Å². The Bertz CT molecular complexity index is 336. The molecule has 0 amide bonds. The van der Waals surface area contributed by atoms with Crippen LogP contribution in [0.1, 0.15) is 5.56 Å². The second-order valence-corrected chi connectivity index (χ2v) is 3.29. The Morgan fingerprint density at radius 1 is 1.33 bits per heavy atom. The zero-order chi connectivity index (χ0) is 10.2. The fraction of sp³-hybridized carbons (Fsp3) is 0. The van der Waals surface area contributed by atoms with Crippen LogP contribution < -0.4 is 5.30 Å². The summed E-state index contributed by atoms with van der Waals surface area (Å²) in [7, 11) is 0.0721. The minimum absolute atomic E-state index is 0. The minimum Gasteiger partial charge on any atom is -0.271 e. The maximum atomic E-state index is 10.3. The molecule has 0 N–H and O–H groups in total. The van der Waals surface area contributed by atoms with Crippen LogP contribution in [0.15, 0.2) is 55.1 Å². The van der Waals surface area contributed by atoms with Crippen LogP contribution in [0.4, 0.5) is 0 Å². The van der Waals surface area contributed by atoms with Gasteiger partial charge in [0.1, 0.15) is 0 Å². The topological polar surface area (TPSA) is 17.1 Å². The third-order valence-corrected chi connectivity index (χ3v) is 2.30. The van der Waals surface area contributed by atoms with Gasteiger partial charge in [0.2, 0.25) is 0 Å². The molecule has 0 unspecified atom stereocenters. The van der Waals surface area contributed by atoms with Gasteiger partial charge >= 0.3 is 17.1 Å². The molecule has 1 nitrogen and oxygen atoms in total. The van der Waals surface area contributed by atoms with Gasteiger partial charge in [-0.15, -0.1) is 17.7 Å². The van der Waals surface area contributed by atoms with Crippen molar-refractivity contribution in [2.24, 2.45) is 0 Å². The van der Waals surface area contributed by atoms with Crippen LogP contribution in [0.2, 0.25) is 0 Å². The van der Waals surface area contributed by atoms with Gasteiger partial charge in [-0.3, -0.25) is 4.57 Å². The van der Waals surface area contributed by atoms with Crippen molar-refractivity contribution in [2.45, 2.75) is 0 Å². The zero-order valence-electron chi connectivity index (χ0n) is 8.11. The van der Waals surface area contributed by atoms with Crippen LogP contribution in [0.25, 0.3) is 6.08 Å². The SMILES string of the molecule is C=C[c-]1cccc1P=O.[Fe+2].c1cc[cH-]c1. The van der Waals surface area contributed by atoms with Crippen LogP contribution in [0.3, 0.4) is 0 Å². The van der Waals surface area contributed by atoms with Gasteiger partial charge in [-0.05, 0) is 5.30 Å². The van der Waals surface area contributed by atoms with E-state index in [1.165, 1.54) is 0 Å². The van der Waals surface area contributed by atoms with E-state index in [0.29, 0.717) is 0 Å². The van der Waals surface area contributed by atoms with E-state index in [0.717, 1.165) is 10.9 Å². The zero-order valence-corrected chi connectivity index (χ0v) is 10.1. The van der Waals surface area contributed by atoms with Crippen LogP contribution in [-0.2, 0) is 21.6 Å². The molecule has 0 aliphatic rings. The third-order valence-electron chi connectivity index (χ3n) is 1.70. The Labute approximate surface area is 102 Å². The second-order valence-electron chi connectivity index (χ2n) is 2.62. The molecule has 0 spiro atoms. The van der Waals surface area contributed by atoms with Crippen LogP contribution in [0.5, 0.6) is 0 Å². The molecule has 0 bridgehead atoms. The van der Waals surface area contributed by atoms with Crippen molar-refractivity contribution in [3.8, 4) is 0 Å². The Balaban J connectivity index is 0.000000280. The minimum atomic E-state index is 0. The Morgan fingerprint density at radius 3 is 2.33 bits per heavy atom. The van der Waals surface area contributed by atoms with Gasteiger partial charge in [0.05, 0.1) is 0 Å². The van der Waals surface area contributed by atoms with Crippen LogP contribution in [0, 0.1) is 0 Å². The average molecular weight is 258 g/mol. The molecule has 2 aromatic rings. The second kappa shape index (κ2) is 8.37. The van der Waals surface area contributed by atoms with E-state index in [1.807, 2.05) is 48.5 Å². The van der Waals surface area contributed by atoms with Crippen molar-refractivity contribution >= 4 is 19.8 Å². The molecule has 0 aliphatic heterocycles. The molecule has 15 heavy (non-hydrogen) atoms. The van der Waals surface area contributed by atoms with Crippen LogP contribution >= 0.6 is 8.46 Å². The van der Waals surface area contributed by atoms with Crippen molar-refractivity contribution < 1.29 is 21.6 Å². The number of hydrogen-bond acceptors (Lipinski definition) is 1. The summed E-state index contributed by atoms with van der Waals surface area (Å²) < 4.78 is 10.3. The Morgan fingerprint density at radius 2 is 2.00 bits per heavy atom. The molecule has 0 aromatic heterocycles. The fourth-order valence-corrected chi connectivity index (χ4v) is 1.42. The molecule has 0 atom stereocenters. The molecule has 2 rings (SSSR count). The first-order valence-electron chi connectivity index (χ1n) is 4.26. The summed E-state index contributed by atoms with van der Waals surface area (Å²) in [6.45, 7) is 3.57. The molecule has 78 valence electrons. The predicted octanol–water partition coefficient (Wildman–Crippen LogP) is 3.37. The average Bonchev–Trinajstić information content (AvgIpc) is 2.91. The number of hydrogen-bond donors (Lipinski definition) is 0. The van der Waals surface area contributed by atoms with E-state index < -0.39 is 0 Å². The van der Waals surface area contributed by atoms with Gasteiger partial charge in [0.25, 0.3) is 0 Å². The normalized spacial score (nSPS) is 8.53. The largest absolute Gasteiger partial charge is 2.00 e. The molecule has 0 aliphatic carbocycles. The first kappa shape index (κ1) is 14.1. The Hall–Kier alpha value is -0.941.